The van der Waals surface area contributed by atoms with Gasteiger partial charge in [-0.3, -0.25) is 13.8 Å². The van der Waals surface area contributed by atoms with E-state index in [4.69, 9.17) is 13.8 Å². The van der Waals surface area contributed by atoms with Crippen molar-refractivity contribution in [3.8, 4) is 0 Å². The number of nitrogens with zero attached hydrogens (tertiary/aromatic N) is 1. The van der Waals surface area contributed by atoms with Crippen LogP contribution >= 0.6 is 7.82 Å². The van der Waals surface area contributed by atoms with Gasteiger partial charge in [0.05, 0.1) is 27.7 Å². The topological polar surface area (TPSA) is 82.1 Å². The van der Waals surface area contributed by atoms with Gasteiger partial charge in [0.1, 0.15) is 19.3 Å². The third-order valence-electron chi connectivity index (χ3n) is 3.31. The zero-order valence-electron chi connectivity index (χ0n) is 15.8. The normalized spacial score (nSPS) is 15.8. The van der Waals surface area contributed by atoms with Crippen molar-refractivity contribution >= 4 is 13.8 Å². The van der Waals surface area contributed by atoms with Crippen molar-refractivity contribution in [1.29, 1.82) is 0 Å². The number of ether oxygens (including phenoxy) is 1. The van der Waals surface area contributed by atoms with E-state index >= 15 is 0 Å². The van der Waals surface area contributed by atoms with Crippen LogP contribution in [0, 0.1) is 0 Å². The Hall–Kier alpha value is -0.460. The molecule has 0 aliphatic carbocycles. The molecule has 2 atom stereocenters. The number of phosphoric ester groups is 1. The molecule has 24 heavy (non-hydrogen) atoms. The van der Waals surface area contributed by atoms with E-state index in [1.54, 1.807) is 6.92 Å². The molecule has 8 heteroatoms. The van der Waals surface area contributed by atoms with E-state index in [1.807, 2.05) is 21.1 Å². The van der Waals surface area contributed by atoms with Crippen LogP contribution in [0.25, 0.3) is 0 Å². The fourth-order valence-corrected chi connectivity index (χ4v) is 2.64. The van der Waals surface area contributed by atoms with Crippen LogP contribution in [0.1, 0.15) is 52.4 Å². The highest BCUT2D eigenvalue weighted by molar-refractivity contribution is 7.47. The molecule has 0 aromatic rings. The third-order valence-corrected chi connectivity index (χ3v) is 4.29. The molecule has 0 heterocycles. The van der Waals surface area contributed by atoms with Gasteiger partial charge in [0.15, 0.2) is 0 Å². The van der Waals surface area contributed by atoms with Crippen molar-refractivity contribution in [2.45, 2.75) is 58.5 Å². The molecule has 0 saturated carbocycles. The molecule has 1 N–H and O–H groups in total. The van der Waals surface area contributed by atoms with Gasteiger partial charge in [-0.1, -0.05) is 32.6 Å². The summed E-state index contributed by atoms with van der Waals surface area (Å²) in [5.41, 5.74) is 0. The number of quaternary nitrogens is 1. The molecule has 0 spiro atoms. The maximum absolute atomic E-state index is 11.7. The molecular weight excluding hydrogens is 333 g/mol. The Morgan fingerprint density at radius 1 is 1.12 bits per heavy atom. The second-order valence-electron chi connectivity index (χ2n) is 7.08. The van der Waals surface area contributed by atoms with Crippen LogP contribution in [0.2, 0.25) is 0 Å². The maximum atomic E-state index is 11.7. The molecule has 0 bridgehead atoms. The zero-order chi connectivity index (χ0) is 18.6. The Bertz CT molecular complexity index is 397. The SMILES string of the molecule is CCCCCCCC(=O)O[C@@H](C)COP(=O)(O)OCC[N+](C)(C)C. The third kappa shape index (κ3) is 15.1. The highest BCUT2D eigenvalue weighted by atomic mass is 31.2. The summed E-state index contributed by atoms with van der Waals surface area (Å²) in [5.74, 6) is -0.304. The minimum absolute atomic E-state index is 0.114. The van der Waals surface area contributed by atoms with Crippen molar-refractivity contribution < 1.29 is 32.5 Å². The first-order valence-electron chi connectivity index (χ1n) is 8.67. The number of likely N-dealkylation sites (N-methyl/N-ethyl adjacent to an activating group) is 1. The number of hydrogen-bond donors (Lipinski definition) is 1. The minimum Gasteiger partial charge on any atom is -0.460 e. The lowest BCUT2D eigenvalue weighted by atomic mass is 10.1. The average molecular weight is 368 g/mol. The predicted molar refractivity (Wildman–Crippen MR) is 93.6 cm³/mol. The fourth-order valence-electron chi connectivity index (χ4n) is 1.86. The van der Waals surface area contributed by atoms with Crippen LogP contribution in [0.5, 0.6) is 0 Å². The molecule has 144 valence electrons. The first-order chi connectivity index (χ1) is 11.1. The number of rotatable bonds is 14. The van der Waals surface area contributed by atoms with Crippen LogP contribution in [0.15, 0.2) is 0 Å². The Morgan fingerprint density at radius 3 is 2.33 bits per heavy atom. The average Bonchev–Trinajstić information content (AvgIpc) is 2.43. The van der Waals surface area contributed by atoms with Crippen molar-refractivity contribution in [1.82, 2.24) is 0 Å². The summed E-state index contributed by atoms with van der Waals surface area (Å²) in [6.45, 7) is 4.29. The van der Waals surface area contributed by atoms with E-state index in [0.29, 0.717) is 17.4 Å². The lowest BCUT2D eigenvalue weighted by Gasteiger charge is -2.24. The number of phosphoric acid groups is 1. The highest BCUT2D eigenvalue weighted by Crippen LogP contribution is 2.43. The number of carbonyl (C=O) groups is 1. The van der Waals surface area contributed by atoms with Crippen LogP contribution in [-0.4, -0.2) is 62.4 Å². The van der Waals surface area contributed by atoms with Crippen molar-refractivity contribution in [3.63, 3.8) is 0 Å². The quantitative estimate of drug-likeness (QED) is 0.220. The number of esters is 1. The van der Waals surface area contributed by atoms with E-state index in [9.17, 15) is 14.3 Å². The monoisotopic (exact) mass is 368 g/mol. The summed E-state index contributed by atoms with van der Waals surface area (Å²) in [7, 11) is 1.75. The van der Waals surface area contributed by atoms with E-state index in [0.717, 1.165) is 25.7 Å². The predicted octanol–water partition coefficient (Wildman–Crippen LogP) is 3.12. The summed E-state index contributed by atoms with van der Waals surface area (Å²) in [4.78, 5) is 21.2. The fraction of sp³-hybridized carbons (Fsp3) is 0.938. The Kier molecular flexibility index (Phi) is 11.8. The van der Waals surface area contributed by atoms with E-state index in [2.05, 4.69) is 6.92 Å². The lowest BCUT2D eigenvalue weighted by molar-refractivity contribution is -0.870. The zero-order valence-corrected chi connectivity index (χ0v) is 16.7. The van der Waals surface area contributed by atoms with Crippen molar-refractivity contribution in [2.24, 2.45) is 0 Å². The molecule has 7 nitrogen and oxygen atoms in total. The number of carbonyl (C=O) groups excluding carboxylic acids is 1. The number of hydrogen-bond acceptors (Lipinski definition) is 5. The Labute approximate surface area is 146 Å². The van der Waals surface area contributed by atoms with Crippen LogP contribution in [0.3, 0.4) is 0 Å². The lowest BCUT2D eigenvalue weighted by Crippen LogP contribution is -2.37. The molecule has 0 aromatic carbocycles. The molecule has 1 unspecified atom stereocenters. The molecule has 0 radical (unpaired) electrons. The molecule has 0 aliphatic heterocycles. The Balaban J connectivity index is 3.87. The van der Waals surface area contributed by atoms with Gasteiger partial charge in [-0.25, -0.2) is 4.57 Å². The summed E-state index contributed by atoms with van der Waals surface area (Å²) < 4.78 is 27.3. The number of unbranched alkanes of at least 4 members (excludes halogenated alkanes) is 4. The van der Waals surface area contributed by atoms with Crippen LogP contribution in [0.4, 0.5) is 0 Å². The van der Waals surface area contributed by atoms with E-state index in [-0.39, 0.29) is 19.2 Å². The molecular formula is C16H35NO6P+. The van der Waals surface area contributed by atoms with Gasteiger partial charge in [-0.05, 0) is 13.3 Å². The molecule has 0 fully saturated rings. The Morgan fingerprint density at radius 2 is 1.75 bits per heavy atom. The second kappa shape index (κ2) is 12.0. The summed E-state index contributed by atoms with van der Waals surface area (Å²) in [6, 6.07) is 0. The summed E-state index contributed by atoms with van der Waals surface area (Å²) in [5, 5.41) is 0. The highest BCUT2D eigenvalue weighted by Gasteiger charge is 2.24. The van der Waals surface area contributed by atoms with Crippen LogP contribution in [-0.2, 0) is 23.1 Å². The van der Waals surface area contributed by atoms with Gasteiger partial charge in [0.2, 0.25) is 0 Å². The van der Waals surface area contributed by atoms with Gasteiger partial charge in [-0.15, -0.1) is 0 Å². The van der Waals surface area contributed by atoms with E-state index < -0.39 is 13.9 Å². The van der Waals surface area contributed by atoms with Gasteiger partial charge in [0.25, 0.3) is 0 Å². The van der Waals surface area contributed by atoms with Gasteiger partial charge >= 0.3 is 13.8 Å². The maximum Gasteiger partial charge on any atom is 0.472 e. The molecule has 0 rings (SSSR count). The first kappa shape index (κ1) is 23.5. The van der Waals surface area contributed by atoms with Gasteiger partial charge in [-0.2, -0.15) is 0 Å². The van der Waals surface area contributed by atoms with E-state index in [1.165, 1.54) is 6.42 Å². The summed E-state index contributed by atoms with van der Waals surface area (Å²) in [6.07, 6.45) is 5.07. The smallest absolute Gasteiger partial charge is 0.460 e. The second-order valence-corrected chi connectivity index (χ2v) is 8.53. The summed E-state index contributed by atoms with van der Waals surface area (Å²) >= 11 is 0. The standard InChI is InChI=1S/C16H34NO6P/c1-6-7-8-9-10-11-16(18)23-15(2)14-22-24(19,20)21-13-12-17(3,4)5/h15H,6-14H2,1-5H3/p+1/t15-/m0/s1. The molecule has 0 aromatic heterocycles. The van der Waals surface area contributed by atoms with Gasteiger partial charge < -0.3 is 14.1 Å². The first-order valence-corrected chi connectivity index (χ1v) is 10.2. The van der Waals surface area contributed by atoms with Crippen molar-refractivity contribution in [2.75, 3.05) is 40.9 Å². The molecule has 0 amide bonds. The largest absolute Gasteiger partial charge is 0.472 e. The molecule has 0 aliphatic rings. The van der Waals surface area contributed by atoms with Crippen LogP contribution < -0.4 is 0 Å². The van der Waals surface area contributed by atoms with Crippen molar-refractivity contribution in [3.05, 3.63) is 0 Å². The minimum atomic E-state index is -4.11. The molecule has 0 saturated heterocycles. The van der Waals surface area contributed by atoms with Gasteiger partial charge in [0, 0.05) is 6.42 Å².